The summed E-state index contributed by atoms with van der Waals surface area (Å²) in [6, 6.07) is 9.77. The summed E-state index contributed by atoms with van der Waals surface area (Å²) >= 11 is 0. The lowest BCUT2D eigenvalue weighted by molar-refractivity contribution is -0.139. The van der Waals surface area contributed by atoms with Gasteiger partial charge in [0.25, 0.3) is 5.56 Å². The summed E-state index contributed by atoms with van der Waals surface area (Å²) in [5.41, 5.74) is 1.35. The predicted molar refractivity (Wildman–Crippen MR) is 89.6 cm³/mol. The Morgan fingerprint density at radius 1 is 1.04 bits per heavy atom. The van der Waals surface area contributed by atoms with Crippen molar-refractivity contribution in [1.82, 2.24) is 19.7 Å². The zero-order chi connectivity index (χ0) is 15.4. The number of benzene rings is 1. The van der Waals surface area contributed by atoms with Gasteiger partial charge in [-0.15, -0.1) is 0 Å². The molecule has 1 aromatic carbocycles. The lowest BCUT2D eigenvalue weighted by Gasteiger charge is -2.59. The van der Waals surface area contributed by atoms with Gasteiger partial charge in [0.05, 0.1) is 31.1 Å². The van der Waals surface area contributed by atoms with Crippen LogP contribution in [0.15, 0.2) is 40.1 Å². The zero-order valence-corrected chi connectivity index (χ0v) is 12.9. The summed E-state index contributed by atoms with van der Waals surface area (Å²) in [7, 11) is 0. The first-order chi connectivity index (χ1) is 11.2. The van der Waals surface area contributed by atoms with E-state index >= 15 is 0 Å². The number of fused-ring (bicyclic) bond motifs is 1. The highest BCUT2D eigenvalue weighted by atomic mass is 16.1. The van der Waals surface area contributed by atoms with Crippen molar-refractivity contribution in [3.8, 4) is 0 Å². The molecule has 0 spiro atoms. The SMILES string of the molecule is O=c1[nH]c2ccccc2cc1C=NC12CN3CN(CN(C3)C1)C2. The Bertz CT molecular complexity index is 820. The van der Waals surface area contributed by atoms with Crippen molar-refractivity contribution in [2.24, 2.45) is 4.99 Å². The van der Waals surface area contributed by atoms with Crippen molar-refractivity contribution in [2.45, 2.75) is 5.54 Å². The van der Waals surface area contributed by atoms with Gasteiger partial charge in [0, 0.05) is 31.4 Å². The van der Waals surface area contributed by atoms with Crippen LogP contribution in [0.25, 0.3) is 10.9 Å². The molecule has 1 N–H and O–H groups in total. The van der Waals surface area contributed by atoms with Gasteiger partial charge in [-0.1, -0.05) is 18.2 Å². The Morgan fingerprint density at radius 3 is 2.39 bits per heavy atom. The molecule has 4 aliphatic rings. The fraction of sp³-hybridized carbons (Fsp3) is 0.412. The summed E-state index contributed by atoms with van der Waals surface area (Å²) in [6.45, 7) is 6.10. The number of H-pyrrole nitrogens is 1. The van der Waals surface area contributed by atoms with E-state index in [1.54, 1.807) is 6.21 Å². The van der Waals surface area contributed by atoms with Gasteiger partial charge >= 0.3 is 0 Å². The third-order valence-electron chi connectivity index (χ3n) is 5.01. The van der Waals surface area contributed by atoms with E-state index in [2.05, 4.69) is 19.7 Å². The van der Waals surface area contributed by atoms with Crippen LogP contribution in [0.4, 0.5) is 0 Å². The second kappa shape index (κ2) is 4.74. The first-order valence-corrected chi connectivity index (χ1v) is 8.04. The molecule has 118 valence electrons. The van der Waals surface area contributed by atoms with Crippen molar-refractivity contribution in [2.75, 3.05) is 39.6 Å². The summed E-state index contributed by atoms with van der Waals surface area (Å²) in [6.07, 6.45) is 1.78. The van der Waals surface area contributed by atoms with Crippen LogP contribution in [-0.2, 0) is 0 Å². The molecule has 1 aromatic heterocycles. The van der Waals surface area contributed by atoms with Gasteiger partial charge < -0.3 is 4.98 Å². The van der Waals surface area contributed by atoms with Crippen LogP contribution in [0.2, 0.25) is 0 Å². The molecule has 6 nitrogen and oxygen atoms in total. The molecule has 0 unspecified atom stereocenters. The van der Waals surface area contributed by atoms with Crippen molar-refractivity contribution in [3.05, 3.63) is 46.2 Å². The van der Waals surface area contributed by atoms with Gasteiger partial charge in [-0.2, -0.15) is 0 Å². The molecule has 6 heteroatoms. The number of pyridine rings is 1. The van der Waals surface area contributed by atoms with E-state index in [0.29, 0.717) is 5.56 Å². The van der Waals surface area contributed by atoms with Crippen LogP contribution in [0.1, 0.15) is 5.56 Å². The Kier molecular flexibility index (Phi) is 2.76. The first kappa shape index (κ1) is 13.4. The highest BCUT2D eigenvalue weighted by Gasteiger charge is 2.48. The number of hydrogen-bond acceptors (Lipinski definition) is 5. The molecule has 4 bridgehead atoms. The van der Waals surface area contributed by atoms with Crippen molar-refractivity contribution in [3.63, 3.8) is 0 Å². The van der Waals surface area contributed by atoms with Crippen LogP contribution in [-0.4, -0.2) is 71.1 Å². The quantitative estimate of drug-likeness (QED) is 0.821. The second-order valence-electron chi connectivity index (χ2n) is 7.03. The minimum atomic E-state index is -0.0904. The molecule has 4 fully saturated rings. The number of nitrogens with one attached hydrogen (secondary N) is 1. The molecule has 5 heterocycles. The van der Waals surface area contributed by atoms with Crippen LogP contribution in [0, 0.1) is 0 Å². The van der Waals surface area contributed by atoms with E-state index in [4.69, 9.17) is 4.99 Å². The van der Waals surface area contributed by atoms with Gasteiger partial charge in [0.1, 0.15) is 0 Å². The molecule has 2 aromatic rings. The number of aromatic nitrogens is 1. The second-order valence-corrected chi connectivity index (χ2v) is 7.03. The Hall–Kier alpha value is -2.02. The number of aromatic amines is 1. The zero-order valence-electron chi connectivity index (χ0n) is 12.9. The lowest BCUT2D eigenvalue weighted by Crippen LogP contribution is -2.75. The minimum Gasteiger partial charge on any atom is -0.321 e. The Labute approximate surface area is 134 Å². The average Bonchev–Trinajstić information content (AvgIpc) is 2.51. The van der Waals surface area contributed by atoms with Crippen LogP contribution >= 0.6 is 0 Å². The maximum absolute atomic E-state index is 12.3. The van der Waals surface area contributed by atoms with Gasteiger partial charge in [0.15, 0.2) is 0 Å². The van der Waals surface area contributed by atoms with Crippen LogP contribution in [0.5, 0.6) is 0 Å². The molecule has 0 radical (unpaired) electrons. The Morgan fingerprint density at radius 2 is 1.70 bits per heavy atom. The van der Waals surface area contributed by atoms with Gasteiger partial charge in [-0.3, -0.25) is 24.5 Å². The van der Waals surface area contributed by atoms with E-state index in [9.17, 15) is 4.79 Å². The number of aliphatic imine (C=N–C) groups is 1. The smallest absolute Gasteiger partial charge is 0.257 e. The molecule has 4 saturated heterocycles. The Balaban J connectivity index is 1.50. The number of para-hydroxylation sites is 1. The van der Waals surface area contributed by atoms with Gasteiger partial charge in [-0.25, -0.2) is 0 Å². The minimum absolute atomic E-state index is 0.0712. The fourth-order valence-electron chi connectivity index (χ4n) is 4.27. The average molecular weight is 309 g/mol. The standard InChI is InChI=1S/C17H19N5O/c23-16-14(5-13-3-1-2-4-15(13)19-16)6-18-17-7-20-10-21(8-17)12-22(9-17)11-20/h1-6H,7-12H2,(H,19,23). The molecular weight excluding hydrogens is 290 g/mol. The fourth-order valence-corrected chi connectivity index (χ4v) is 4.27. The first-order valence-electron chi connectivity index (χ1n) is 8.04. The predicted octanol–water partition coefficient (Wildman–Crippen LogP) is 0.505. The van der Waals surface area contributed by atoms with E-state index in [1.807, 2.05) is 30.3 Å². The van der Waals surface area contributed by atoms with Crippen LogP contribution in [0.3, 0.4) is 0 Å². The monoisotopic (exact) mass is 309 g/mol. The number of rotatable bonds is 2. The molecule has 0 atom stereocenters. The van der Waals surface area contributed by atoms with E-state index in [-0.39, 0.29) is 11.1 Å². The lowest BCUT2D eigenvalue weighted by atomic mass is 9.91. The van der Waals surface area contributed by atoms with Gasteiger partial charge in [-0.05, 0) is 17.5 Å². The molecule has 4 aliphatic heterocycles. The molecule has 0 aliphatic carbocycles. The van der Waals surface area contributed by atoms with Crippen LogP contribution < -0.4 is 5.56 Å². The van der Waals surface area contributed by atoms with E-state index in [1.165, 1.54) is 0 Å². The third kappa shape index (κ3) is 2.22. The van der Waals surface area contributed by atoms with E-state index < -0.39 is 0 Å². The third-order valence-corrected chi connectivity index (χ3v) is 5.01. The van der Waals surface area contributed by atoms with E-state index in [0.717, 1.165) is 50.5 Å². The number of nitrogens with zero attached hydrogens (tertiary/aromatic N) is 4. The summed E-state index contributed by atoms with van der Waals surface area (Å²) in [5, 5.41) is 1.04. The molecule has 0 amide bonds. The molecule has 6 rings (SSSR count). The highest BCUT2D eigenvalue weighted by Crippen LogP contribution is 2.31. The van der Waals surface area contributed by atoms with Gasteiger partial charge in [0.2, 0.25) is 0 Å². The largest absolute Gasteiger partial charge is 0.321 e. The highest BCUT2D eigenvalue weighted by molar-refractivity contribution is 5.87. The maximum Gasteiger partial charge on any atom is 0.257 e. The normalized spacial score (nSPS) is 35.4. The van der Waals surface area contributed by atoms with Crippen molar-refractivity contribution >= 4 is 17.1 Å². The molecule has 23 heavy (non-hydrogen) atoms. The topological polar surface area (TPSA) is 54.9 Å². The molecular formula is C17H19N5O. The van der Waals surface area contributed by atoms with Crippen molar-refractivity contribution in [1.29, 1.82) is 0 Å². The summed E-state index contributed by atoms with van der Waals surface area (Å²) in [4.78, 5) is 27.4. The summed E-state index contributed by atoms with van der Waals surface area (Å²) < 4.78 is 0. The van der Waals surface area contributed by atoms with Crippen molar-refractivity contribution < 1.29 is 0 Å². The number of hydrogen-bond donors (Lipinski definition) is 1. The maximum atomic E-state index is 12.3. The summed E-state index contributed by atoms with van der Waals surface area (Å²) in [5.74, 6) is 0. The molecule has 0 saturated carbocycles.